The number of nitrogens with zero attached hydrogens (tertiary/aromatic N) is 2. The van der Waals surface area contributed by atoms with Crippen molar-refractivity contribution in [1.82, 2.24) is 9.97 Å². The Bertz CT molecular complexity index is 380. The van der Waals surface area contributed by atoms with E-state index in [0.29, 0.717) is 5.25 Å². The van der Waals surface area contributed by atoms with Crippen LogP contribution >= 0.6 is 23.5 Å². The van der Waals surface area contributed by atoms with E-state index in [1.807, 2.05) is 11.8 Å². The van der Waals surface area contributed by atoms with Gasteiger partial charge in [-0.05, 0) is 13.8 Å². The van der Waals surface area contributed by atoms with Crippen molar-refractivity contribution >= 4 is 35.2 Å². The molecule has 0 spiro atoms. The van der Waals surface area contributed by atoms with Crippen LogP contribution in [0.2, 0.25) is 0 Å². The summed E-state index contributed by atoms with van der Waals surface area (Å²) >= 11 is 4.11. The summed E-state index contributed by atoms with van der Waals surface area (Å²) in [4.78, 5) is 8.58. The molecule has 2 rings (SSSR count). The summed E-state index contributed by atoms with van der Waals surface area (Å²) in [5.41, 5.74) is 1.10. The molecule has 1 aromatic rings. The van der Waals surface area contributed by atoms with E-state index in [4.69, 9.17) is 0 Å². The zero-order valence-corrected chi connectivity index (χ0v) is 12.5. The van der Waals surface area contributed by atoms with Crippen LogP contribution < -0.4 is 10.6 Å². The lowest BCUT2D eigenvalue weighted by atomic mass is 10.3. The maximum absolute atomic E-state index is 4.33. The van der Waals surface area contributed by atoms with Crippen LogP contribution in [-0.2, 0) is 0 Å². The minimum atomic E-state index is 0.695. The number of nitrogens with one attached hydrogen (secondary N) is 2. The van der Waals surface area contributed by atoms with Crippen molar-refractivity contribution in [2.75, 3.05) is 41.0 Å². The largest absolute Gasteiger partial charge is 0.370 e. The average molecular weight is 284 g/mol. The highest BCUT2D eigenvalue weighted by molar-refractivity contribution is 8.06. The lowest BCUT2D eigenvalue weighted by molar-refractivity contribution is 0.978. The summed E-state index contributed by atoms with van der Waals surface area (Å²) in [5.74, 6) is 5.68. The first kappa shape index (κ1) is 13.8. The van der Waals surface area contributed by atoms with Crippen LogP contribution in [0.25, 0.3) is 0 Å². The summed E-state index contributed by atoms with van der Waals surface area (Å²) in [6.07, 6.45) is 1.62. The molecule has 0 radical (unpaired) electrons. The van der Waals surface area contributed by atoms with Crippen molar-refractivity contribution in [2.24, 2.45) is 0 Å². The molecule has 1 aliphatic rings. The van der Waals surface area contributed by atoms with Crippen molar-refractivity contribution in [3.05, 3.63) is 11.9 Å². The van der Waals surface area contributed by atoms with Gasteiger partial charge in [0.05, 0.1) is 0 Å². The lowest BCUT2D eigenvalue weighted by Crippen LogP contribution is -2.24. The van der Waals surface area contributed by atoms with E-state index in [-0.39, 0.29) is 0 Å². The maximum atomic E-state index is 4.33. The monoisotopic (exact) mass is 284 g/mol. The summed E-state index contributed by atoms with van der Waals surface area (Å²) in [7, 11) is 0. The first-order chi connectivity index (χ1) is 8.81. The molecule has 1 atom stereocenters. The fourth-order valence-corrected chi connectivity index (χ4v) is 4.45. The zero-order chi connectivity index (χ0) is 12.8. The van der Waals surface area contributed by atoms with Gasteiger partial charge in [0.2, 0.25) is 0 Å². The molecule has 1 aromatic heterocycles. The third-order valence-electron chi connectivity index (χ3n) is 2.81. The molecule has 0 aliphatic carbocycles. The van der Waals surface area contributed by atoms with Gasteiger partial charge in [-0.2, -0.15) is 23.5 Å². The predicted molar refractivity (Wildman–Crippen MR) is 83.0 cm³/mol. The van der Waals surface area contributed by atoms with E-state index in [9.17, 15) is 0 Å². The van der Waals surface area contributed by atoms with Gasteiger partial charge in [0.15, 0.2) is 0 Å². The Kier molecular flexibility index (Phi) is 5.44. The molecule has 2 heterocycles. The Morgan fingerprint density at radius 3 is 2.72 bits per heavy atom. The Hall–Kier alpha value is -0.620. The highest BCUT2D eigenvalue weighted by Gasteiger charge is 2.15. The molecule has 6 heteroatoms. The average Bonchev–Trinajstić information content (AvgIpc) is 2.41. The molecular weight excluding hydrogens is 264 g/mol. The molecular formula is C12H20N4S2. The van der Waals surface area contributed by atoms with Crippen LogP contribution in [0.3, 0.4) is 0 Å². The van der Waals surface area contributed by atoms with E-state index >= 15 is 0 Å². The number of hydrogen-bond donors (Lipinski definition) is 2. The molecule has 100 valence electrons. The maximum Gasteiger partial charge on any atom is 0.134 e. The van der Waals surface area contributed by atoms with Gasteiger partial charge in [-0.1, -0.05) is 0 Å². The summed E-state index contributed by atoms with van der Waals surface area (Å²) in [6.45, 7) is 6.00. The minimum absolute atomic E-state index is 0.695. The summed E-state index contributed by atoms with van der Waals surface area (Å²) in [5, 5.41) is 7.40. The zero-order valence-electron chi connectivity index (χ0n) is 10.9. The highest BCUT2D eigenvalue weighted by atomic mass is 32.2. The Balaban J connectivity index is 1.93. The van der Waals surface area contributed by atoms with Crippen molar-refractivity contribution in [3.63, 3.8) is 0 Å². The number of hydrogen-bond acceptors (Lipinski definition) is 6. The smallest absolute Gasteiger partial charge is 0.134 e. The molecule has 1 fully saturated rings. The van der Waals surface area contributed by atoms with Crippen LogP contribution in [-0.4, -0.2) is 45.6 Å². The number of thioether (sulfide) groups is 2. The quantitative estimate of drug-likeness (QED) is 0.866. The van der Waals surface area contributed by atoms with Gasteiger partial charge in [0.25, 0.3) is 0 Å². The number of aromatic nitrogens is 2. The molecule has 4 nitrogen and oxygen atoms in total. The molecule has 1 unspecified atom stereocenters. The topological polar surface area (TPSA) is 49.8 Å². The van der Waals surface area contributed by atoms with Crippen LogP contribution in [0.4, 0.5) is 11.6 Å². The van der Waals surface area contributed by atoms with Gasteiger partial charge >= 0.3 is 0 Å². The van der Waals surface area contributed by atoms with Gasteiger partial charge in [-0.15, -0.1) is 0 Å². The third kappa shape index (κ3) is 3.68. The molecule has 0 saturated carbocycles. The second kappa shape index (κ2) is 7.09. The van der Waals surface area contributed by atoms with E-state index in [0.717, 1.165) is 30.3 Å². The molecule has 0 aromatic carbocycles. The molecule has 2 N–H and O–H groups in total. The molecule has 1 aliphatic heterocycles. The van der Waals surface area contributed by atoms with Gasteiger partial charge < -0.3 is 10.6 Å². The molecule has 0 amide bonds. The lowest BCUT2D eigenvalue weighted by Gasteiger charge is -2.22. The van der Waals surface area contributed by atoms with Gasteiger partial charge in [-0.25, -0.2) is 9.97 Å². The SMILES string of the molecule is CCNc1ncnc(NCC2CSCCS2)c1C. The molecule has 18 heavy (non-hydrogen) atoms. The Labute approximate surface area is 117 Å². The van der Waals surface area contributed by atoms with Gasteiger partial charge in [0.1, 0.15) is 18.0 Å². The summed E-state index contributed by atoms with van der Waals surface area (Å²) in [6, 6.07) is 0. The number of rotatable bonds is 5. The van der Waals surface area contributed by atoms with Crippen molar-refractivity contribution in [2.45, 2.75) is 19.1 Å². The Morgan fingerprint density at radius 1 is 1.28 bits per heavy atom. The van der Waals surface area contributed by atoms with E-state index in [1.165, 1.54) is 17.3 Å². The third-order valence-corrected chi connectivity index (χ3v) is 5.66. The van der Waals surface area contributed by atoms with E-state index in [2.05, 4.69) is 46.2 Å². The number of anilines is 2. The second-order valence-corrected chi connectivity index (χ2v) is 6.73. The normalized spacial score (nSPS) is 19.6. The fourth-order valence-electron chi connectivity index (χ4n) is 1.84. The van der Waals surface area contributed by atoms with Crippen LogP contribution in [0.5, 0.6) is 0 Å². The van der Waals surface area contributed by atoms with Crippen LogP contribution in [0.15, 0.2) is 6.33 Å². The van der Waals surface area contributed by atoms with Crippen molar-refractivity contribution in [3.8, 4) is 0 Å². The fraction of sp³-hybridized carbons (Fsp3) is 0.667. The summed E-state index contributed by atoms with van der Waals surface area (Å²) < 4.78 is 0. The molecule has 1 saturated heterocycles. The Morgan fingerprint density at radius 2 is 2.06 bits per heavy atom. The minimum Gasteiger partial charge on any atom is -0.370 e. The molecule has 0 bridgehead atoms. The first-order valence-corrected chi connectivity index (χ1v) is 8.50. The van der Waals surface area contributed by atoms with Gasteiger partial charge in [0, 0.05) is 41.2 Å². The van der Waals surface area contributed by atoms with Crippen molar-refractivity contribution in [1.29, 1.82) is 0 Å². The second-order valence-electron chi connectivity index (χ2n) is 4.17. The predicted octanol–water partition coefficient (Wildman–Crippen LogP) is 2.48. The van der Waals surface area contributed by atoms with Crippen LogP contribution in [0.1, 0.15) is 12.5 Å². The highest BCUT2D eigenvalue weighted by Crippen LogP contribution is 2.25. The van der Waals surface area contributed by atoms with E-state index in [1.54, 1.807) is 6.33 Å². The first-order valence-electron chi connectivity index (χ1n) is 6.30. The van der Waals surface area contributed by atoms with E-state index < -0.39 is 0 Å². The standard InChI is InChI=1S/C12H20N4S2/c1-3-13-11-9(2)12(16-8-15-11)14-6-10-7-17-4-5-18-10/h8,10H,3-7H2,1-2H3,(H2,13,14,15,16). The van der Waals surface area contributed by atoms with Crippen LogP contribution in [0, 0.1) is 6.92 Å². The van der Waals surface area contributed by atoms with Crippen molar-refractivity contribution < 1.29 is 0 Å². The van der Waals surface area contributed by atoms with Gasteiger partial charge in [-0.3, -0.25) is 0 Å².